The highest BCUT2D eigenvalue weighted by Crippen LogP contribution is 2.30. The molecule has 138 valence electrons. The van der Waals surface area contributed by atoms with E-state index in [0.29, 0.717) is 5.92 Å². The molecule has 0 spiro atoms. The average molecular weight is 380 g/mol. The molecule has 4 aromatic rings. The van der Waals surface area contributed by atoms with Crippen molar-refractivity contribution in [3.05, 3.63) is 47.2 Å². The molecule has 0 bridgehead atoms. The molecule has 4 aromatic heterocycles. The molecule has 1 N–H and O–H groups in total. The molecule has 8 heteroatoms. The van der Waals surface area contributed by atoms with E-state index < -0.39 is 0 Å². The maximum Gasteiger partial charge on any atom is 0.157 e. The van der Waals surface area contributed by atoms with Crippen molar-refractivity contribution in [2.75, 3.05) is 19.0 Å². The van der Waals surface area contributed by atoms with Gasteiger partial charge in [-0.2, -0.15) is 5.10 Å². The number of ether oxygens (including phenoxy) is 1. The van der Waals surface area contributed by atoms with Gasteiger partial charge in [0.25, 0.3) is 0 Å². The van der Waals surface area contributed by atoms with Crippen molar-refractivity contribution in [3.63, 3.8) is 0 Å². The van der Waals surface area contributed by atoms with E-state index >= 15 is 0 Å². The first-order valence-corrected chi connectivity index (χ1v) is 9.54. The van der Waals surface area contributed by atoms with Gasteiger partial charge in [0.05, 0.1) is 19.0 Å². The molecule has 0 radical (unpaired) electrons. The molecule has 1 atom stereocenters. The lowest BCUT2D eigenvalue weighted by Crippen LogP contribution is -2.11. The third-order valence-electron chi connectivity index (χ3n) is 4.53. The van der Waals surface area contributed by atoms with Crippen molar-refractivity contribution >= 4 is 28.2 Å². The number of methoxy groups -OCH3 is 1. The number of aryl methyl sites for hydroxylation is 1. The summed E-state index contributed by atoms with van der Waals surface area (Å²) in [6.45, 7) is 2.92. The molecule has 27 heavy (non-hydrogen) atoms. The molecule has 0 amide bonds. The molecular formula is C19H20N6OS. The van der Waals surface area contributed by atoms with Gasteiger partial charge < -0.3 is 10.1 Å². The summed E-state index contributed by atoms with van der Waals surface area (Å²) >= 11 is 1.65. The molecule has 0 aromatic carbocycles. The van der Waals surface area contributed by atoms with Crippen LogP contribution >= 0.6 is 11.3 Å². The van der Waals surface area contributed by atoms with Crippen LogP contribution in [-0.4, -0.2) is 38.4 Å². The molecule has 0 aliphatic rings. The van der Waals surface area contributed by atoms with E-state index in [-0.39, 0.29) is 0 Å². The number of nitrogens with one attached hydrogen (secondary N) is 1. The minimum absolute atomic E-state index is 0.304. The fraction of sp³-hybridized carbons (Fsp3) is 0.263. The van der Waals surface area contributed by atoms with Gasteiger partial charge >= 0.3 is 0 Å². The zero-order chi connectivity index (χ0) is 18.8. The molecule has 1 unspecified atom stereocenters. The number of fused-ring (bicyclic) bond motifs is 1. The number of pyridine rings is 1. The Kier molecular flexibility index (Phi) is 4.72. The number of aromatic nitrogens is 5. The van der Waals surface area contributed by atoms with Gasteiger partial charge in [0.15, 0.2) is 5.65 Å². The van der Waals surface area contributed by atoms with Gasteiger partial charge in [0.1, 0.15) is 17.9 Å². The van der Waals surface area contributed by atoms with Crippen LogP contribution in [0.3, 0.4) is 0 Å². The normalized spacial score (nSPS) is 12.3. The van der Waals surface area contributed by atoms with Gasteiger partial charge in [-0.25, -0.2) is 15.0 Å². The van der Waals surface area contributed by atoms with Gasteiger partial charge in [0.2, 0.25) is 0 Å². The van der Waals surface area contributed by atoms with E-state index in [2.05, 4.69) is 37.7 Å². The van der Waals surface area contributed by atoms with E-state index in [0.717, 1.165) is 40.4 Å². The Labute approximate surface area is 161 Å². The maximum absolute atomic E-state index is 5.42. The molecule has 0 aliphatic carbocycles. The second kappa shape index (κ2) is 7.32. The van der Waals surface area contributed by atoms with Crippen LogP contribution < -0.4 is 10.1 Å². The molecule has 4 heterocycles. The first-order chi connectivity index (χ1) is 13.2. The van der Waals surface area contributed by atoms with Crippen LogP contribution in [0.25, 0.3) is 22.3 Å². The van der Waals surface area contributed by atoms with Crippen molar-refractivity contribution in [3.8, 4) is 17.0 Å². The Morgan fingerprint density at radius 2 is 2.07 bits per heavy atom. The second-order valence-corrected chi connectivity index (χ2v) is 7.11. The van der Waals surface area contributed by atoms with E-state index in [1.54, 1.807) is 29.5 Å². The fourth-order valence-corrected chi connectivity index (χ4v) is 3.90. The van der Waals surface area contributed by atoms with Crippen molar-refractivity contribution in [2.45, 2.75) is 12.8 Å². The lowest BCUT2D eigenvalue weighted by Gasteiger charge is -2.14. The fourth-order valence-electron chi connectivity index (χ4n) is 2.98. The summed E-state index contributed by atoms with van der Waals surface area (Å²) in [6, 6.07) is 3.98. The molecule has 7 nitrogen and oxygen atoms in total. The van der Waals surface area contributed by atoms with E-state index in [4.69, 9.17) is 4.74 Å². The number of thiophene rings is 1. The number of nitrogens with zero attached hydrogens (tertiary/aromatic N) is 5. The van der Waals surface area contributed by atoms with E-state index in [1.165, 1.54) is 5.56 Å². The molecule has 0 saturated heterocycles. The van der Waals surface area contributed by atoms with Crippen LogP contribution in [0.4, 0.5) is 5.82 Å². The number of hydrogen-bond donors (Lipinski definition) is 1. The maximum atomic E-state index is 5.42. The quantitative estimate of drug-likeness (QED) is 0.549. The van der Waals surface area contributed by atoms with Crippen LogP contribution in [0.15, 0.2) is 41.6 Å². The lowest BCUT2D eigenvalue weighted by atomic mass is 10.0. The van der Waals surface area contributed by atoms with E-state index in [9.17, 15) is 0 Å². The predicted molar refractivity (Wildman–Crippen MR) is 107 cm³/mol. The smallest absolute Gasteiger partial charge is 0.157 e. The highest BCUT2D eigenvalue weighted by molar-refractivity contribution is 7.08. The standard InChI is InChI=1S/C19H20N6OS/c1-12(15-9-27-10-17(15)26-3)6-20-18-5-16(22-11-23-18)13-4-14-8-24-25(2)19(14)21-7-13/h4-5,7-12H,6H2,1-3H3,(H,20,22,23). The van der Waals surface area contributed by atoms with Gasteiger partial charge in [-0.15, -0.1) is 11.3 Å². The Morgan fingerprint density at radius 1 is 1.19 bits per heavy atom. The topological polar surface area (TPSA) is 77.8 Å². The van der Waals surface area contributed by atoms with Gasteiger partial charge in [-0.3, -0.25) is 4.68 Å². The monoisotopic (exact) mass is 380 g/mol. The summed E-state index contributed by atoms with van der Waals surface area (Å²) in [7, 11) is 3.58. The Bertz CT molecular complexity index is 1070. The summed E-state index contributed by atoms with van der Waals surface area (Å²) in [4.78, 5) is 13.2. The Hall–Kier alpha value is -3.00. The highest BCUT2D eigenvalue weighted by atomic mass is 32.1. The number of hydrogen-bond acceptors (Lipinski definition) is 7. The zero-order valence-corrected chi connectivity index (χ0v) is 16.2. The largest absolute Gasteiger partial charge is 0.496 e. The highest BCUT2D eigenvalue weighted by Gasteiger charge is 2.13. The number of rotatable bonds is 6. The summed E-state index contributed by atoms with van der Waals surface area (Å²) in [6.07, 6.45) is 5.19. The molecule has 0 aliphatic heterocycles. The molecule has 0 saturated carbocycles. The van der Waals surface area contributed by atoms with Crippen molar-refractivity contribution in [2.24, 2.45) is 7.05 Å². The second-order valence-electron chi connectivity index (χ2n) is 6.37. The van der Waals surface area contributed by atoms with Gasteiger partial charge in [-0.05, 0) is 11.4 Å². The minimum Gasteiger partial charge on any atom is -0.496 e. The van der Waals surface area contributed by atoms with Crippen LogP contribution in [0.1, 0.15) is 18.4 Å². The summed E-state index contributed by atoms with van der Waals surface area (Å²) in [5, 5.41) is 12.8. The third-order valence-corrected chi connectivity index (χ3v) is 5.27. The summed E-state index contributed by atoms with van der Waals surface area (Å²) in [5.41, 5.74) is 3.82. The third kappa shape index (κ3) is 3.48. The number of anilines is 1. The Morgan fingerprint density at radius 3 is 2.93 bits per heavy atom. The van der Waals surface area contributed by atoms with E-state index in [1.807, 2.05) is 37.0 Å². The summed E-state index contributed by atoms with van der Waals surface area (Å²) in [5.74, 6) is 2.03. The van der Waals surface area contributed by atoms with Crippen LogP contribution in [0.5, 0.6) is 5.75 Å². The molecule has 0 fully saturated rings. The molecule has 4 rings (SSSR count). The van der Waals surface area contributed by atoms with Crippen molar-refractivity contribution in [1.82, 2.24) is 24.7 Å². The molecular weight excluding hydrogens is 360 g/mol. The minimum atomic E-state index is 0.304. The summed E-state index contributed by atoms with van der Waals surface area (Å²) < 4.78 is 7.17. The first-order valence-electron chi connectivity index (χ1n) is 8.60. The van der Waals surface area contributed by atoms with Crippen LogP contribution in [0.2, 0.25) is 0 Å². The van der Waals surface area contributed by atoms with Gasteiger partial charge in [-0.1, -0.05) is 6.92 Å². The average Bonchev–Trinajstić information content (AvgIpc) is 3.33. The van der Waals surface area contributed by atoms with Crippen LogP contribution in [-0.2, 0) is 7.05 Å². The predicted octanol–water partition coefficient (Wildman–Crippen LogP) is 3.71. The zero-order valence-electron chi connectivity index (χ0n) is 15.4. The van der Waals surface area contributed by atoms with Crippen molar-refractivity contribution in [1.29, 1.82) is 0 Å². The Balaban J connectivity index is 1.51. The lowest BCUT2D eigenvalue weighted by molar-refractivity contribution is 0.409. The van der Waals surface area contributed by atoms with Crippen molar-refractivity contribution < 1.29 is 4.74 Å². The SMILES string of the molecule is COc1cscc1C(C)CNc1cc(-c2cnc3c(cnn3C)c2)ncn1. The van der Waals surface area contributed by atoms with Gasteiger partial charge in [0, 0.05) is 53.7 Å². The van der Waals surface area contributed by atoms with Crippen LogP contribution in [0, 0.1) is 0 Å². The first kappa shape index (κ1) is 17.4.